The van der Waals surface area contributed by atoms with Gasteiger partial charge in [0.2, 0.25) is 11.6 Å². The Balaban J connectivity index is 1.47. The number of aryl methyl sites for hydroxylation is 1. The van der Waals surface area contributed by atoms with Crippen molar-refractivity contribution in [1.29, 1.82) is 0 Å². The molecule has 0 bridgehead atoms. The van der Waals surface area contributed by atoms with Crippen LogP contribution in [0.5, 0.6) is 11.5 Å². The van der Waals surface area contributed by atoms with Gasteiger partial charge < -0.3 is 10.5 Å². The largest absolute Gasteiger partial charge is 0.454 e. The molecule has 3 N–H and O–H groups in total. The first kappa shape index (κ1) is 28.3. The normalized spacial score (nSPS) is 11.6. The third kappa shape index (κ3) is 4.88. The quantitative estimate of drug-likeness (QED) is 0.174. The van der Waals surface area contributed by atoms with Crippen LogP contribution in [0.15, 0.2) is 100 Å². The van der Waals surface area contributed by atoms with Crippen LogP contribution in [0.25, 0.3) is 22.2 Å². The SMILES string of the molecule is Cc1cc(Oc2cccc(F)c2F)ccc1-c1n[nH]c(N)c1C(=O)c1cc2c(Br)cccc2n1S(=O)(=O)c1ccccc1. The fourth-order valence-corrected chi connectivity index (χ4v) is 6.84. The number of nitrogens with one attached hydrogen (secondary N) is 1. The monoisotopic (exact) mass is 662 g/mol. The lowest BCUT2D eigenvalue weighted by Gasteiger charge is -2.13. The van der Waals surface area contributed by atoms with Gasteiger partial charge in [-0.25, -0.2) is 16.8 Å². The summed E-state index contributed by atoms with van der Waals surface area (Å²) in [6.45, 7) is 1.72. The van der Waals surface area contributed by atoms with Gasteiger partial charge in [-0.15, -0.1) is 0 Å². The van der Waals surface area contributed by atoms with Gasteiger partial charge in [0.1, 0.15) is 23.0 Å². The number of aromatic nitrogens is 3. The van der Waals surface area contributed by atoms with E-state index in [2.05, 4.69) is 26.1 Å². The Morgan fingerprint density at radius 2 is 1.72 bits per heavy atom. The van der Waals surface area contributed by atoms with E-state index in [4.69, 9.17) is 10.5 Å². The number of hydrogen-bond donors (Lipinski definition) is 2. The van der Waals surface area contributed by atoms with Crippen LogP contribution in [0, 0.1) is 18.6 Å². The van der Waals surface area contributed by atoms with Crippen LogP contribution in [0.4, 0.5) is 14.6 Å². The molecule has 0 saturated heterocycles. The van der Waals surface area contributed by atoms with E-state index in [1.807, 2.05) is 0 Å². The van der Waals surface area contributed by atoms with E-state index in [-0.39, 0.29) is 39.2 Å². The van der Waals surface area contributed by atoms with Crippen molar-refractivity contribution in [3.63, 3.8) is 0 Å². The number of rotatable bonds is 7. The maximum Gasteiger partial charge on any atom is 0.268 e. The van der Waals surface area contributed by atoms with Gasteiger partial charge in [-0.05, 0) is 73.2 Å². The number of ether oxygens (including phenoxy) is 1. The molecule has 8 nitrogen and oxygen atoms in total. The molecule has 216 valence electrons. The van der Waals surface area contributed by atoms with Crippen LogP contribution in [0.1, 0.15) is 21.6 Å². The minimum absolute atomic E-state index is 0.00285. The number of carbonyl (C=O) groups is 1. The number of benzene rings is 4. The molecule has 12 heteroatoms. The minimum Gasteiger partial charge on any atom is -0.454 e. The number of hydrogen-bond acceptors (Lipinski definition) is 6. The van der Waals surface area contributed by atoms with Crippen molar-refractivity contribution in [2.45, 2.75) is 11.8 Å². The van der Waals surface area contributed by atoms with Crippen molar-refractivity contribution in [1.82, 2.24) is 14.2 Å². The molecule has 6 aromatic rings. The Kier molecular flexibility index (Phi) is 7.10. The van der Waals surface area contributed by atoms with E-state index in [0.717, 1.165) is 10.0 Å². The molecule has 2 heterocycles. The zero-order valence-corrected chi connectivity index (χ0v) is 24.7. The Morgan fingerprint density at radius 1 is 0.977 bits per heavy atom. The van der Waals surface area contributed by atoms with Crippen molar-refractivity contribution < 1.29 is 26.7 Å². The molecule has 0 atom stereocenters. The molecule has 2 aromatic heterocycles. The van der Waals surface area contributed by atoms with Gasteiger partial charge >= 0.3 is 0 Å². The summed E-state index contributed by atoms with van der Waals surface area (Å²) in [5.74, 6) is -2.96. The fraction of sp³-hybridized carbons (Fsp3) is 0.0323. The zero-order valence-electron chi connectivity index (χ0n) is 22.3. The second kappa shape index (κ2) is 10.8. The lowest BCUT2D eigenvalue weighted by molar-refractivity contribution is 0.103. The highest BCUT2D eigenvalue weighted by Crippen LogP contribution is 2.36. The first-order valence-corrected chi connectivity index (χ1v) is 15.0. The van der Waals surface area contributed by atoms with E-state index in [1.54, 1.807) is 55.5 Å². The Bertz CT molecular complexity index is 2160. The predicted molar refractivity (Wildman–Crippen MR) is 162 cm³/mol. The molecular weight excluding hydrogens is 642 g/mol. The summed E-state index contributed by atoms with van der Waals surface area (Å²) in [6, 6.07) is 22.6. The second-order valence-corrected chi connectivity index (χ2v) is 12.2. The third-order valence-electron chi connectivity index (χ3n) is 6.88. The summed E-state index contributed by atoms with van der Waals surface area (Å²) in [6.07, 6.45) is 0. The summed E-state index contributed by atoms with van der Waals surface area (Å²) < 4.78 is 62.8. The van der Waals surface area contributed by atoms with Crippen LogP contribution in [-0.2, 0) is 10.0 Å². The molecule has 0 fully saturated rings. The molecule has 0 aliphatic carbocycles. The molecule has 6 rings (SSSR count). The van der Waals surface area contributed by atoms with E-state index in [9.17, 15) is 22.0 Å². The first-order valence-electron chi connectivity index (χ1n) is 12.8. The van der Waals surface area contributed by atoms with Crippen LogP contribution >= 0.6 is 15.9 Å². The summed E-state index contributed by atoms with van der Waals surface area (Å²) >= 11 is 3.46. The number of aromatic amines is 1. The molecule has 0 saturated carbocycles. The highest BCUT2D eigenvalue weighted by molar-refractivity contribution is 9.10. The van der Waals surface area contributed by atoms with Gasteiger partial charge in [-0.1, -0.05) is 46.3 Å². The number of H-pyrrole nitrogens is 1. The smallest absolute Gasteiger partial charge is 0.268 e. The van der Waals surface area contributed by atoms with Crippen LogP contribution in [-0.4, -0.2) is 28.4 Å². The van der Waals surface area contributed by atoms with Gasteiger partial charge in [0.05, 0.1) is 16.0 Å². The number of anilines is 1. The van der Waals surface area contributed by atoms with Gasteiger partial charge in [0.25, 0.3) is 10.0 Å². The number of nitrogen functional groups attached to an aromatic ring is 1. The standard InChI is InChI=1S/C31H21BrF2N4O4S/c1-17-15-18(42-26-12-6-10-23(33)28(26)34)13-14-20(17)29-27(31(35)37-36-29)30(39)25-16-21-22(32)9-5-11-24(21)38(25)43(40,41)19-7-3-2-4-8-19/h2-16H,1H3,(H3,35,36,37). The molecule has 0 spiro atoms. The highest BCUT2D eigenvalue weighted by Gasteiger charge is 2.31. The number of nitrogens with zero attached hydrogens (tertiary/aromatic N) is 2. The summed E-state index contributed by atoms with van der Waals surface area (Å²) in [7, 11) is -4.22. The maximum absolute atomic E-state index is 14.2. The lowest BCUT2D eigenvalue weighted by atomic mass is 9.99. The van der Waals surface area contributed by atoms with Crippen molar-refractivity contribution in [2.24, 2.45) is 0 Å². The van der Waals surface area contributed by atoms with Gasteiger partial charge in [-0.2, -0.15) is 9.49 Å². The molecule has 0 radical (unpaired) electrons. The Labute approximate surface area is 252 Å². The molecule has 0 amide bonds. The number of carbonyl (C=O) groups excluding carboxylic acids is 1. The van der Waals surface area contributed by atoms with E-state index in [1.165, 1.54) is 36.4 Å². The second-order valence-electron chi connectivity index (χ2n) is 9.61. The zero-order chi connectivity index (χ0) is 30.5. The van der Waals surface area contributed by atoms with Crippen LogP contribution in [0.3, 0.4) is 0 Å². The molecular formula is C31H21BrF2N4O4S. The number of fused-ring (bicyclic) bond motifs is 1. The van der Waals surface area contributed by atoms with E-state index in [0.29, 0.717) is 26.5 Å². The maximum atomic E-state index is 14.2. The Hall–Kier alpha value is -4.81. The molecule has 43 heavy (non-hydrogen) atoms. The van der Waals surface area contributed by atoms with Crippen molar-refractivity contribution in [3.8, 4) is 22.8 Å². The Morgan fingerprint density at radius 3 is 2.47 bits per heavy atom. The summed E-state index contributed by atoms with van der Waals surface area (Å²) in [4.78, 5) is 14.3. The third-order valence-corrected chi connectivity index (χ3v) is 9.31. The van der Waals surface area contributed by atoms with E-state index < -0.39 is 27.4 Å². The van der Waals surface area contributed by atoms with Crippen LogP contribution in [0.2, 0.25) is 0 Å². The number of ketones is 1. The van der Waals surface area contributed by atoms with Crippen molar-refractivity contribution in [3.05, 3.63) is 124 Å². The lowest BCUT2D eigenvalue weighted by Crippen LogP contribution is -2.19. The average molecular weight is 664 g/mol. The summed E-state index contributed by atoms with van der Waals surface area (Å²) in [5, 5.41) is 7.41. The molecule has 0 aliphatic heterocycles. The molecule has 0 aliphatic rings. The summed E-state index contributed by atoms with van der Waals surface area (Å²) in [5.41, 5.74) is 7.58. The van der Waals surface area contributed by atoms with E-state index >= 15 is 0 Å². The van der Waals surface area contributed by atoms with Crippen molar-refractivity contribution >= 4 is 48.5 Å². The first-order chi connectivity index (χ1) is 20.6. The minimum atomic E-state index is -4.22. The van der Waals surface area contributed by atoms with Gasteiger partial charge in [0.15, 0.2) is 11.6 Å². The molecule has 4 aromatic carbocycles. The van der Waals surface area contributed by atoms with Crippen LogP contribution < -0.4 is 10.5 Å². The van der Waals surface area contributed by atoms with Gasteiger partial charge in [0, 0.05) is 15.4 Å². The number of halogens is 3. The highest BCUT2D eigenvalue weighted by atomic mass is 79.9. The van der Waals surface area contributed by atoms with Crippen molar-refractivity contribution in [2.75, 3.05) is 5.73 Å². The number of nitrogens with two attached hydrogens (primary N) is 1. The fourth-order valence-electron chi connectivity index (χ4n) is 4.85. The predicted octanol–water partition coefficient (Wildman–Crippen LogP) is 7.22. The average Bonchev–Trinajstić information content (AvgIpc) is 3.58. The topological polar surface area (TPSA) is 120 Å². The van der Waals surface area contributed by atoms with Gasteiger partial charge in [-0.3, -0.25) is 9.89 Å². The molecule has 0 unspecified atom stereocenters.